The molecule has 1 aromatic carbocycles. The maximum atomic E-state index is 13.1. The van der Waals surface area contributed by atoms with Gasteiger partial charge in [-0.3, -0.25) is 19.1 Å². The second kappa shape index (κ2) is 9.04. The molecule has 2 aliphatic heterocycles. The van der Waals surface area contributed by atoms with Crippen molar-refractivity contribution in [1.29, 1.82) is 0 Å². The molecule has 7 heteroatoms. The molecule has 1 fully saturated rings. The first kappa shape index (κ1) is 20.6. The number of carbonyl (C=O) groups excluding carboxylic acids is 1. The molecule has 2 aliphatic rings. The van der Waals surface area contributed by atoms with Crippen LogP contribution < -0.4 is 5.56 Å². The van der Waals surface area contributed by atoms with Gasteiger partial charge in [0.1, 0.15) is 0 Å². The highest BCUT2D eigenvalue weighted by molar-refractivity contribution is 5.83. The summed E-state index contributed by atoms with van der Waals surface area (Å²) in [6.45, 7) is 2.56. The summed E-state index contributed by atoms with van der Waals surface area (Å²) in [5.74, 6) is 0.390. The second-order valence-corrected chi connectivity index (χ2v) is 8.47. The predicted octanol–water partition coefficient (Wildman–Crippen LogP) is 2.86. The van der Waals surface area contributed by atoms with Crippen molar-refractivity contribution in [2.24, 2.45) is 5.92 Å². The van der Waals surface area contributed by atoms with E-state index in [1.165, 1.54) is 5.56 Å². The summed E-state index contributed by atoms with van der Waals surface area (Å²) in [6.07, 6.45) is 7.08. The average molecular weight is 431 g/mol. The van der Waals surface area contributed by atoms with E-state index in [0.29, 0.717) is 37.9 Å². The summed E-state index contributed by atoms with van der Waals surface area (Å²) in [5, 5.41) is 0. The number of fused-ring (bicyclic) bond motifs is 1. The molecule has 164 valence electrons. The van der Waals surface area contributed by atoms with Crippen molar-refractivity contribution < 1.29 is 9.53 Å². The van der Waals surface area contributed by atoms with Crippen LogP contribution in [0.2, 0.25) is 0 Å². The minimum Gasteiger partial charge on any atom is -0.363 e. The zero-order valence-electron chi connectivity index (χ0n) is 17.9. The van der Waals surface area contributed by atoms with Crippen LogP contribution in [0.1, 0.15) is 30.1 Å². The molecule has 1 amide bonds. The first-order valence-corrected chi connectivity index (χ1v) is 11.1. The van der Waals surface area contributed by atoms with E-state index in [-0.39, 0.29) is 11.5 Å². The average Bonchev–Trinajstić information content (AvgIpc) is 2.85. The summed E-state index contributed by atoms with van der Waals surface area (Å²) in [6, 6.07) is 13.3. The Morgan fingerprint density at radius 1 is 1.09 bits per heavy atom. The summed E-state index contributed by atoms with van der Waals surface area (Å²) in [5.41, 5.74) is 3.67. The van der Waals surface area contributed by atoms with E-state index in [1.807, 2.05) is 35.2 Å². The second-order valence-electron chi connectivity index (χ2n) is 8.47. The van der Waals surface area contributed by atoms with Crippen molar-refractivity contribution in [3.8, 4) is 11.3 Å². The molecule has 7 nitrogen and oxygen atoms in total. The lowest BCUT2D eigenvalue weighted by molar-refractivity contribution is -0.146. The number of hydrogen-bond acceptors (Lipinski definition) is 5. The summed E-state index contributed by atoms with van der Waals surface area (Å²) in [4.78, 5) is 36.1. The summed E-state index contributed by atoms with van der Waals surface area (Å²) < 4.78 is 7.53. The molecule has 32 heavy (non-hydrogen) atoms. The van der Waals surface area contributed by atoms with Gasteiger partial charge in [0.05, 0.1) is 18.6 Å². The van der Waals surface area contributed by atoms with Crippen LogP contribution in [-0.2, 0) is 22.5 Å². The van der Waals surface area contributed by atoms with Crippen molar-refractivity contribution in [3.63, 3.8) is 0 Å². The lowest BCUT2D eigenvalue weighted by atomic mass is 9.94. The molecule has 0 bridgehead atoms. The van der Waals surface area contributed by atoms with Gasteiger partial charge in [0, 0.05) is 43.7 Å². The number of hydrogen-bond donors (Lipinski definition) is 0. The quantitative estimate of drug-likeness (QED) is 0.636. The van der Waals surface area contributed by atoms with E-state index in [1.54, 1.807) is 29.4 Å². The van der Waals surface area contributed by atoms with Gasteiger partial charge in [0.25, 0.3) is 11.5 Å². The van der Waals surface area contributed by atoms with Crippen LogP contribution in [-0.4, -0.2) is 45.0 Å². The Morgan fingerprint density at radius 2 is 1.88 bits per heavy atom. The largest absolute Gasteiger partial charge is 0.363 e. The van der Waals surface area contributed by atoms with E-state index < -0.39 is 6.10 Å². The molecule has 0 saturated carbocycles. The highest BCUT2D eigenvalue weighted by Gasteiger charge is 2.33. The third-order valence-corrected chi connectivity index (χ3v) is 6.45. The molecule has 0 N–H and O–H groups in total. The van der Waals surface area contributed by atoms with Gasteiger partial charge in [-0.25, -0.2) is 4.98 Å². The number of rotatable bonds is 4. The van der Waals surface area contributed by atoms with Gasteiger partial charge in [0.15, 0.2) is 6.10 Å². The number of nitrogens with zero attached hydrogens (tertiary/aromatic N) is 4. The number of piperidine rings is 1. The van der Waals surface area contributed by atoms with Gasteiger partial charge in [-0.15, -0.1) is 0 Å². The number of pyridine rings is 1. The molecule has 0 spiro atoms. The van der Waals surface area contributed by atoms with Crippen molar-refractivity contribution in [2.75, 3.05) is 19.7 Å². The fourth-order valence-electron chi connectivity index (χ4n) is 4.62. The van der Waals surface area contributed by atoms with Crippen LogP contribution in [0.5, 0.6) is 0 Å². The molecule has 0 radical (unpaired) electrons. The van der Waals surface area contributed by atoms with Crippen LogP contribution in [0.4, 0.5) is 0 Å². The van der Waals surface area contributed by atoms with Crippen LogP contribution in [0, 0.1) is 5.92 Å². The molecule has 1 atom stereocenters. The number of benzene rings is 1. The fraction of sp³-hybridized carbons (Fsp3) is 0.360. The minimum absolute atomic E-state index is 0.0520. The Bertz CT molecular complexity index is 1150. The summed E-state index contributed by atoms with van der Waals surface area (Å²) in [7, 11) is 0. The standard InChI is InChI=1S/C25H26N4O3/c30-23-15-22(20-5-10-26-11-6-20)27-17-29(23)16-18-7-12-28(13-8-18)25(31)24-21-4-2-1-3-19(21)9-14-32-24/h1-6,10-11,15,17-18,24H,7-9,12-14,16H2. The number of amides is 1. The maximum Gasteiger partial charge on any atom is 0.256 e. The Labute approximate surface area is 186 Å². The summed E-state index contributed by atoms with van der Waals surface area (Å²) >= 11 is 0. The highest BCUT2D eigenvalue weighted by Crippen LogP contribution is 2.30. The van der Waals surface area contributed by atoms with Crippen molar-refractivity contribution in [1.82, 2.24) is 19.4 Å². The van der Waals surface area contributed by atoms with Gasteiger partial charge in [0.2, 0.25) is 0 Å². The first-order valence-electron chi connectivity index (χ1n) is 11.1. The Balaban J connectivity index is 1.20. The molecule has 2 aromatic heterocycles. The lowest BCUT2D eigenvalue weighted by Crippen LogP contribution is -2.43. The zero-order chi connectivity index (χ0) is 21.9. The van der Waals surface area contributed by atoms with Crippen molar-refractivity contribution in [3.05, 3.63) is 82.7 Å². The SMILES string of the molecule is O=C(C1OCCc2ccccc21)N1CCC(Cn2cnc(-c3ccncc3)cc2=O)CC1. The Morgan fingerprint density at radius 3 is 2.66 bits per heavy atom. The van der Waals surface area contributed by atoms with Crippen LogP contribution in [0.15, 0.2) is 66.0 Å². The van der Waals surface area contributed by atoms with Gasteiger partial charge in [-0.05, 0) is 48.4 Å². The molecule has 1 unspecified atom stereocenters. The van der Waals surface area contributed by atoms with E-state index in [2.05, 4.69) is 16.0 Å². The van der Waals surface area contributed by atoms with E-state index in [4.69, 9.17) is 4.74 Å². The Kier molecular flexibility index (Phi) is 5.81. The molecule has 5 rings (SSSR count). The normalized spacial score (nSPS) is 18.9. The molecule has 1 saturated heterocycles. The molecular weight excluding hydrogens is 404 g/mol. The fourth-order valence-corrected chi connectivity index (χ4v) is 4.62. The van der Waals surface area contributed by atoms with Crippen LogP contribution >= 0.6 is 0 Å². The predicted molar refractivity (Wildman–Crippen MR) is 120 cm³/mol. The number of likely N-dealkylation sites (tertiary alicyclic amines) is 1. The molecule has 4 heterocycles. The van der Waals surface area contributed by atoms with Gasteiger partial charge >= 0.3 is 0 Å². The third-order valence-electron chi connectivity index (χ3n) is 6.45. The van der Waals surface area contributed by atoms with E-state index >= 15 is 0 Å². The first-order chi connectivity index (χ1) is 15.7. The molecular formula is C25H26N4O3. The van der Waals surface area contributed by atoms with Gasteiger partial charge in [-0.2, -0.15) is 0 Å². The minimum atomic E-state index is -0.496. The molecule has 0 aliphatic carbocycles. The third kappa shape index (κ3) is 4.21. The van der Waals surface area contributed by atoms with E-state index in [0.717, 1.165) is 30.4 Å². The van der Waals surface area contributed by atoms with Gasteiger partial charge in [-0.1, -0.05) is 24.3 Å². The van der Waals surface area contributed by atoms with Crippen LogP contribution in [0.3, 0.4) is 0 Å². The van der Waals surface area contributed by atoms with Gasteiger partial charge < -0.3 is 9.64 Å². The maximum absolute atomic E-state index is 13.1. The lowest BCUT2D eigenvalue weighted by Gasteiger charge is -2.35. The Hall–Kier alpha value is -3.32. The highest BCUT2D eigenvalue weighted by atomic mass is 16.5. The van der Waals surface area contributed by atoms with Crippen molar-refractivity contribution in [2.45, 2.75) is 31.9 Å². The number of ether oxygens (including phenoxy) is 1. The smallest absolute Gasteiger partial charge is 0.256 e. The zero-order valence-corrected chi connectivity index (χ0v) is 17.9. The monoisotopic (exact) mass is 430 g/mol. The van der Waals surface area contributed by atoms with E-state index in [9.17, 15) is 9.59 Å². The number of aromatic nitrogens is 3. The molecule has 3 aromatic rings. The van der Waals surface area contributed by atoms with Crippen molar-refractivity contribution >= 4 is 5.91 Å². The van der Waals surface area contributed by atoms with Crippen LogP contribution in [0.25, 0.3) is 11.3 Å². The topological polar surface area (TPSA) is 77.3 Å². The number of carbonyl (C=O) groups is 1.